The SMILES string of the molecule is COC1CCN(C(=O)c2sc(N3CCC(N4CCc5ccccc5NC4=O)CC3)nc2C)CC1. The summed E-state index contributed by atoms with van der Waals surface area (Å²) in [6.07, 6.45) is 4.69. The number of likely N-dealkylation sites (tertiary alicyclic amines) is 1. The van der Waals surface area contributed by atoms with Crippen molar-refractivity contribution in [2.75, 3.05) is 50.1 Å². The third-order valence-electron chi connectivity index (χ3n) is 7.36. The molecular weight excluding hydrogens is 450 g/mol. The monoisotopic (exact) mass is 483 g/mol. The second-order valence-electron chi connectivity index (χ2n) is 9.39. The van der Waals surface area contributed by atoms with Crippen LogP contribution in [0.1, 0.15) is 46.6 Å². The lowest BCUT2D eigenvalue weighted by atomic mass is 10.0. The van der Waals surface area contributed by atoms with Gasteiger partial charge >= 0.3 is 6.03 Å². The van der Waals surface area contributed by atoms with Crippen molar-refractivity contribution in [2.24, 2.45) is 0 Å². The topological polar surface area (TPSA) is 78.0 Å². The maximum Gasteiger partial charge on any atom is 0.322 e. The Labute approximate surface area is 204 Å². The van der Waals surface area contributed by atoms with Crippen LogP contribution in [0.2, 0.25) is 0 Å². The number of para-hydroxylation sites is 1. The van der Waals surface area contributed by atoms with Gasteiger partial charge < -0.3 is 24.8 Å². The van der Waals surface area contributed by atoms with Crippen molar-refractivity contribution in [3.63, 3.8) is 0 Å². The summed E-state index contributed by atoms with van der Waals surface area (Å²) < 4.78 is 5.43. The molecule has 8 nitrogen and oxygen atoms in total. The molecule has 9 heteroatoms. The van der Waals surface area contributed by atoms with E-state index in [1.165, 1.54) is 16.9 Å². The van der Waals surface area contributed by atoms with Gasteiger partial charge in [0.15, 0.2) is 5.13 Å². The molecule has 0 radical (unpaired) electrons. The predicted molar refractivity (Wildman–Crippen MR) is 134 cm³/mol. The summed E-state index contributed by atoms with van der Waals surface area (Å²) in [5, 5.41) is 4.00. The highest BCUT2D eigenvalue weighted by atomic mass is 32.1. The predicted octanol–water partition coefficient (Wildman–Crippen LogP) is 3.76. The number of aryl methyl sites for hydroxylation is 1. The minimum absolute atomic E-state index is 0.00128. The molecule has 2 aromatic rings. The van der Waals surface area contributed by atoms with Crippen molar-refractivity contribution in [2.45, 2.75) is 51.2 Å². The fourth-order valence-corrected chi connectivity index (χ4v) is 6.35. The van der Waals surface area contributed by atoms with Gasteiger partial charge in [-0.15, -0.1) is 0 Å². The smallest absolute Gasteiger partial charge is 0.322 e. The molecule has 0 spiro atoms. The lowest BCUT2D eigenvalue weighted by molar-refractivity contribution is 0.0353. The summed E-state index contributed by atoms with van der Waals surface area (Å²) in [5.74, 6) is 0.0893. The van der Waals surface area contributed by atoms with Crippen molar-refractivity contribution in [1.82, 2.24) is 14.8 Å². The van der Waals surface area contributed by atoms with Crippen LogP contribution in [0.3, 0.4) is 0 Å². The quantitative estimate of drug-likeness (QED) is 0.717. The number of rotatable bonds is 4. The molecule has 5 rings (SSSR count). The van der Waals surface area contributed by atoms with Crippen molar-refractivity contribution < 1.29 is 14.3 Å². The van der Waals surface area contributed by atoms with Crippen LogP contribution in [0, 0.1) is 6.92 Å². The number of amides is 3. The molecule has 3 aliphatic rings. The number of benzene rings is 1. The van der Waals surface area contributed by atoms with E-state index in [1.807, 2.05) is 34.9 Å². The molecule has 4 heterocycles. The molecule has 1 aromatic heterocycles. The van der Waals surface area contributed by atoms with Crippen molar-refractivity contribution in [3.8, 4) is 0 Å². The summed E-state index contributed by atoms with van der Waals surface area (Å²) in [5.41, 5.74) is 2.93. The van der Waals surface area contributed by atoms with Crippen molar-refractivity contribution >= 4 is 34.1 Å². The van der Waals surface area contributed by atoms with Gasteiger partial charge in [-0.2, -0.15) is 0 Å². The van der Waals surface area contributed by atoms with Crippen LogP contribution >= 0.6 is 11.3 Å². The molecule has 0 aliphatic carbocycles. The maximum atomic E-state index is 13.1. The van der Waals surface area contributed by atoms with Gasteiger partial charge in [0.2, 0.25) is 0 Å². The molecule has 0 unspecified atom stereocenters. The van der Waals surface area contributed by atoms with E-state index < -0.39 is 0 Å². The lowest BCUT2D eigenvalue weighted by Gasteiger charge is -2.37. The van der Waals surface area contributed by atoms with Crippen LogP contribution < -0.4 is 10.2 Å². The molecule has 0 bridgehead atoms. The van der Waals surface area contributed by atoms with Gasteiger partial charge in [-0.3, -0.25) is 4.79 Å². The molecule has 3 aliphatic heterocycles. The Balaban J connectivity index is 1.19. The Hall–Kier alpha value is -2.65. The highest BCUT2D eigenvalue weighted by molar-refractivity contribution is 7.17. The van der Waals surface area contributed by atoms with Gasteiger partial charge in [0.25, 0.3) is 5.91 Å². The number of hydrogen-bond donors (Lipinski definition) is 1. The first-order valence-corrected chi connectivity index (χ1v) is 13.0. The number of anilines is 2. The van der Waals surface area contributed by atoms with E-state index in [4.69, 9.17) is 9.72 Å². The first-order valence-electron chi connectivity index (χ1n) is 12.2. The third kappa shape index (κ3) is 4.63. The second-order valence-corrected chi connectivity index (χ2v) is 10.4. The Morgan fingerprint density at radius 1 is 1.09 bits per heavy atom. The normalized spacial score (nSPS) is 20.2. The summed E-state index contributed by atoms with van der Waals surface area (Å²) in [6.45, 7) is 5.81. The van der Waals surface area contributed by atoms with E-state index in [9.17, 15) is 9.59 Å². The van der Waals surface area contributed by atoms with Gasteiger partial charge in [-0.1, -0.05) is 29.5 Å². The molecular formula is C25H33N5O3S. The van der Waals surface area contributed by atoms with Crippen molar-refractivity contribution in [3.05, 3.63) is 40.4 Å². The summed E-state index contributed by atoms with van der Waals surface area (Å²) in [7, 11) is 1.74. The van der Waals surface area contributed by atoms with Gasteiger partial charge in [0, 0.05) is 51.6 Å². The number of piperidine rings is 2. The summed E-state index contributed by atoms with van der Waals surface area (Å²) in [4.78, 5) is 37.7. The number of nitrogens with zero attached hydrogens (tertiary/aromatic N) is 4. The maximum absolute atomic E-state index is 13.1. The zero-order chi connectivity index (χ0) is 23.7. The lowest BCUT2D eigenvalue weighted by Crippen LogP contribution is -2.48. The average Bonchev–Trinajstić information content (AvgIpc) is 3.17. The largest absolute Gasteiger partial charge is 0.381 e. The van der Waals surface area contributed by atoms with Gasteiger partial charge in [0.05, 0.1) is 11.8 Å². The number of fused-ring (bicyclic) bond motifs is 1. The van der Waals surface area contributed by atoms with Crippen LogP contribution in [0.25, 0.3) is 0 Å². The van der Waals surface area contributed by atoms with Crippen LogP contribution in [0.5, 0.6) is 0 Å². The minimum Gasteiger partial charge on any atom is -0.381 e. The van der Waals surface area contributed by atoms with E-state index in [0.717, 1.165) is 86.2 Å². The Bertz CT molecular complexity index is 1040. The molecule has 0 atom stereocenters. The van der Waals surface area contributed by atoms with E-state index in [2.05, 4.69) is 16.3 Å². The molecule has 2 saturated heterocycles. The first kappa shape index (κ1) is 23.1. The Morgan fingerprint density at radius 2 is 1.82 bits per heavy atom. The second kappa shape index (κ2) is 9.92. The zero-order valence-corrected chi connectivity index (χ0v) is 20.8. The minimum atomic E-state index is -0.00128. The highest BCUT2D eigenvalue weighted by Gasteiger charge is 2.32. The fourth-order valence-electron chi connectivity index (χ4n) is 5.26. The van der Waals surface area contributed by atoms with Gasteiger partial charge in [-0.05, 0) is 50.7 Å². The Kier molecular flexibility index (Phi) is 6.74. The summed E-state index contributed by atoms with van der Waals surface area (Å²) >= 11 is 1.51. The molecule has 34 heavy (non-hydrogen) atoms. The number of nitrogens with one attached hydrogen (secondary N) is 1. The number of methoxy groups -OCH3 is 1. The molecule has 1 aromatic carbocycles. The third-order valence-corrected chi connectivity index (χ3v) is 8.57. The number of urea groups is 1. The summed E-state index contributed by atoms with van der Waals surface area (Å²) in [6, 6.07) is 8.27. The zero-order valence-electron chi connectivity index (χ0n) is 20.0. The van der Waals surface area contributed by atoms with E-state index in [-0.39, 0.29) is 24.1 Å². The number of carbonyl (C=O) groups excluding carboxylic acids is 2. The van der Waals surface area contributed by atoms with Crippen LogP contribution in [0.15, 0.2) is 24.3 Å². The number of ether oxygens (including phenoxy) is 1. The van der Waals surface area contributed by atoms with Gasteiger partial charge in [-0.25, -0.2) is 9.78 Å². The average molecular weight is 484 g/mol. The molecule has 1 N–H and O–H groups in total. The van der Waals surface area contributed by atoms with Crippen LogP contribution in [-0.2, 0) is 11.2 Å². The Morgan fingerprint density at radius 3 is 2.56 bits per heavy atom. The molecule has 0 saturated carbocycles. The number of hydrogen-bond acceptors (Lipinski definition) is 6. The van der Waals surface area contributed by atoms with Crippen LogP contribution in [0.4, 0.5) is 15.6 Å². The molecule has 2 fully saturated rings. The van der Waals surface area contributed by atoms with Gasteiger partial charge in [0.1, 0.15) is 4.88 Å². The standard InChI is InChI=1S/C25H33N5O3S/c1-17-22(23(31)28-14-10-20(33-2)11-15-28)34-25(26-17)29-12-8-19(9-13-29)30-16-7-18-5-3-4-6-21(18)27-24(30)32/h3-6,19-20H,7-16H2,1-2H3,(H,27,32). The van der Waals surface area contributed by atoms with E-state index >= 15 is 0 Å². The van der Waals surface area contributed by atoms with E-state index in [1.54, 1.807) is 7.11 Å². The molecule has 182 valence electrons. The van der Waals surface area contributed by atoms with E-state index in [0.29, 0.717) is 0 Å². The first-order chi connectivity index (χ1) is 16.5. The van der Waals surface area contributed by atoms with Crippen LogP contribution in [-0.4, -0.2) is 78.7 Å². The molecule has 3 amide bonds. The highest BCUT2D eigenvalue weighted by Crippen LogP contribution is 2.31. The number of carbonyl (C=O) groups is 2. The fraction of sp³-hybridized carbons (Fsp3) is 0.560. The number of thiazole rings is 1. The van der Waals surface area contributed by atoms with Crippen molar-refractivity contribution in [1.29, 1.82) is 0 Å². The number of aromatic nitrogens is 1.